The van der Waals surface area contributed by atoms with Crippen LogP contribution in [0.15, 0.2) is 48.5 Å². The van der Waals surface area contributed by atoms with Crippen LogP contribution in [0.4, 0.5) is 13.2 Å². The first-order chi connectivity index (χ1) is 16.6. The Labute approximate surface area is 203 Å². The molecule has 0 fully saturated rings. The molecule has 2 aromatic carbocycles. The van der Waals surface area contributed by atoms with Gasteiger partial charge in [0.25, 0.3) is 11.8 Å². The standard InChI is InChI=1S/C26H31F3N2O4/c1-4-30-15-7-8-16-31(24(32)19-11-13-20(14-12-19)35-26(27,28)29)22(18(2)3)17-34-23-10-6-5-9-21(23)25(30)33/h5-6,9-14,18,22H,4,7-8,15-17H2,1-3H3/t22-/m1/s1. The highest BCUT2D eigenvalue weighted by atomic mass is 19.4. The number of ether oxygens (including phenoxy) is 2. The van der Waals surface area contributed by atoms with Crippen molar-refractivity contribution in [1.29, 1.82) is 0 Å². The first-order valence-corrected chi connectivity index (χ1v) is 11.8. The Bertz CT molecular complexity index is 1010. The molecule has 1 aliphatic rings. The van der Waals surface area contributed by atoms with Crippen LogP contribution in [0.2, 0.25) is 0 Å². The number of alkyl halides is 3. The van der Waals surface area contributed by atoms with Gasteiger partial charge in [-0.25, -0.2) is 0 Å². The van der Waals surface area contributed by atoms with Crippen molar-refractivity contribution < 1.29 is 32.2 Å². The zero-order chi connectivity index (χ0) is 25.6. The SMILES string of the molecule is CCN1CCCCN(C(=O)c2ccc(OC(F)(F)F)cc2)[C@@H](C(C)C)COc2ccccc2C1=O. The molecule has 1 heterocycles. The molecule has 2 aromatic rings. The van der Waals surface area contributed by atoms with Crippen LogP contribution >= 0.6 is 0 Å². The third kappa shape index (κ3) is 6.90. The van der Waals surface area contributed by atoms with E-state index in [-0.39, 0.29) is 41.7 Å². The summed E-state index contributed by atoms with van der Waals surface area (Å²) in [6.07, 6.45) is -3.43. The molecule has 0 saturated carbocycles. The van der Waals surface area contributed by atoms with Crippen molar-refractivity contribution >= 4 is 11.8 Å². The third-order valence-corrected chi connectivity index (χ3v) is 6.04. The molecule has 1 atom stereocenters. The van der Waals surface area contributed by atoms with Crippen LogP contribution in [0.25, 0.3) is 0 Å². The lowest BCUT2D eigenvalue weighted by atomic mass is 10.0. The smallest absolute Gasteiger partial charge is 0.491 e. The Balaban J connectivity index is 1.89. The van der Waals surface area contributed by atoms with E-state index in [1.54, 1.807) is 34.1 Å². The average molecular weight is 493 g/mol. The molecule has 0 radical (unpaired) electrons. The number of nitrogens with zero attached hydrogens (tertiary/aromatic N) is 2. The largest absolute Gasteiger partial charge is 0.573 e. The lowest BCUT2D eigenvalue weighted by Gasteiger charge is -2.35. The minimum Gasteiger partial charge on any atom is -0.491 e. The number of carbonyl (C=O) groups excluding carboxylic acids is 2. The molecule has 1 aliphatic heterocycles. The number of halogens is 3. The predicted octanol–water partition coefficient (Wildman–Crippen LogP) is 5.39. The number of rotatable bonds is 4. The quantitative estimate of drug-likeness (QED) is 0.575. The Morgan fingerprint density at radius 2 is 1.74 bits per heavy atom. The Morgan fingerprint density at radius 3 is 2.37 bits per heavy atom. The van der Waals surface area contributed by atoms with E-state index in [2.05, 4.69) is 4.74 Å². The molecule has 0 spiro atoms. The second-order valence-corrected chi connectivity index (χ2v) is 8.78. The van der Waals surface area contributed by atoms with Crippen molar-refractivity contribution in [1.82, 2.24) is 9.80 Å². The molecule has 6 nitrogen and oxygen atoms in total. The molecule has 0 N–H and O–H groups in total. The maximum Gasteiger partial charge on any atom is 0.573 e. The minimum absolute atomic E-state index is 0.0322. The van der Waals surface area contributed by atoms with Crippen LogP contribution in [0, 0.1) is 5.92 Å². The number of fused-ring (bicyclic) bond motifs is 1. The summed E-state index contributed by atoms with van der Waals surface area (Å²) < 4.78 is 47.5. The van der Waals surface area contributed by atoms with Crippen LogP contribution in [-0.4, -0.2) is 60.3 Å². The fourth-order valence-electron chi connectivity index (χ4n) is 4.13. The number of benzene rings is 2. The summed E-state index contributed by atoms with van der Waals surface area (Å²) in [5.41, 5.74) is 0.749. The molecule has 0 unspecified atom stereocenters. The first-order valence-electron chi connectivity index (χ1n) is 11.8. The van der Waals surface area contributed by atoms with Crippen LogP contribution in [0.1, 0.15) is 54.3 Å². The molecular weight excluding hydrogens is 461 g/mol. The second kappa shape index (κ2) is 11.5. The van der Waals surface area contributed by atoms with Gasteiger partial charge >= 0.3 is 6.36 Å². The van der Waals surface area contributed by atoms with Crippen molar-refractivity contribution in [3.05, 3.63) is 59.7 Å². The van der Waals surface area contributed by atoms with Gasteiger partial charge in [0.1, 0.15) is 18.1 Å². The van der Waals surface area contributed by atoms with Gasteiger partial charge < -0.3 is 19.3 Å². The van der Waals surface area contributed by atoms with Gasteiger partial charge in [0.15, 0.2) is 0 Å². The van der Waals surface area contributed by atoms with Gasteiger partial charge in [-0.15, -0.1) is 13.2 Å². The van der Waals surface area contributed by atoms with Gasteiger partial charge in [-0.05, 0) is 62.1 Å². The molecule has 9 heteroatoms. The summed E-state index contributed by atoms with van der Waals surface area (Å²) in [5, 5.41) is 0. The van der Waals surface area contributed by atoms with Crippen molar-refractivity contribution in [2.24, 2.45) is 5.92 Å². The van der Waals surface area contributed by atoms with Gasteiger partial charge in [-0.3, -0.25) is 9.59 Å². The monoisotopic (exact) mass is 492 g/mol. The molecule has 35 heavy (non-hydrogen) atoms. The van der Waals surface area contributed by atoms with Crippen LogP contribution < -0.4 is 9.47 Å². The van der Waals surface area contributed by atoms with E-state index >= 15 is 0 Å². The predicted molar refractivity (Wildman–Crippen MR) is 126 cm³/mol. The highest BCUT2D eigenvalue weighted by Gasteiger charge is 2.32. The number of hydrogen-bond donors (Lipinski definition) is 0. The van der Waals surface area contributed by atoms with E-state index in [1.165, 1.54) is 12.1 Å². The summed E-state index contributed by atoms with van der Waals surface area (Å²) >= 11 is 0. The number of amides is 2. The summed E-state index contributed by atoms with van der Waals surface area (Å²) in [6, 6.07) is 11.7. The van der Waals surface area contributed by atoms with E-state index in [4.69, 9.17) is 4.74 Å². The normalized spacial score (nSPS) is 17.8. The summed E-state index contributed by atoms with van der Waals surface area (Å²) in [5.74, 6) is -0.265. The minimum atomic E-state index is -4.80. The van der Waals surface area contributed by atoms with E-state index in [1.807, 2.05) is 20.8 Å². The van der Waals surface area contributed by atoms with E-state index < -0.39 is 6.36 Å². The fourth-order valence-corrected chi connectivity index (χ4v) is 4.13. The van der Waals surface area contributed by atoms with E-state index in [0.717, 1.165) is 12.1 Å². The van der Waals surface area contributed by atoms with Crippen molar-refractivity contribution in [2.75, 3.05) is 26.2 Å². The van der Waals surface area contributed by atoms with Crippen LogP contribution in [-0.2, 0) is 0 Å². The van der Waals surface area contributed by atoms with Crippen molar-refractivity contribution in [2.45, 2.75) is 46.0 Å². The van der Waals surface area contributed by atoms with E-state index in [0.29, 0.717) is 43.8 Å². The van der Waals surface area contributed by atoms with Gasteiger partial charge in [0.2, 0.25) is 0 Å². The highest BCUT2D eigenvalue weighted by Crippen LogP contribution is 2.26. The number of carbonyl (C=O) groups is 2. The molecular formula is C26H31F3N2O4. The summed E-state index contributed by atoms with van der Waals surface area (Å²) in [6.45, 7) is 7.59. The van der Waals surface area contributed by atoms with Crippen LogP contribution in [0.3, 0.4) is 0 Å². The Kier molecular flexibility index (Phi) is 8.64. The highest BCUT2D eigenvalue weighted by molar-refractivity contribution is 5.97. The Morgan fingerprint density at radius 1 is 1.09 bits per heavy atom. The van der Waals surface area contributed by atoms with Crippen molar-refractivity contribution in [3.8, 4) is 11.5 Å². The van der Waals surface area contributed by atoms with Gasteiger partial charge in [-0.2, -0.15) is 0 Å². The lowest BCUT2D eigenvalue weighted by Crippen LogP contribution is -2.47. The maximum absolute atomic E-state index is 13.5. The van der Waals surface area contributed by atoms with Gasteiger partial charge in [-0.1, -0.05) is 26.0 Å². The molecule has 2 amide bonds. The third-order valence-electron chi connectivity index (χ3n) is 6.04. The van der Waals surface area contributed by atoms with Gasteiger partial charge in [0, 0.05) is 25.2 Å². The zero-order valence-electron chi connectivity index (χ0n) is 20.2. The molecule has 0 aromatic heterocycles. The number of para-hydroxylation sites is 1. The zero-order valence-corrected chi connectivity index (χ0v) is 20.2. The number of hydrogen-bond acceptors (Lipinski definition) is 4. The molecule has 0 bridgehead atoms. The first kappa shape index (κ1) is 26.4. The average Bonchev–Trinajstić information content (AvgIpc) is 2.81. The lowest BCUT2D eigenvalue weighted by molar-refractivity contribution is -0.274. The van der Waals surface area contributed by atoms with Crippen LogP contribution in [0.5, 0.6) is 11.5 Å². The Hall–Kier alpha value is -3.23. The molecule has 0 saturated heterocycles. The second-order valence-electron chi connectivity index (χ2n) is 8.78. The maximum atomic E-state index is 13.5. The summed E-state index contributed by atoms with van der Waals surface area (Å²) in [4.78, 5) is 30.0. The molecule has 3 rings (SSSR count). The fraction of sp³-hybridized carbons (Fsp3) is 0.462. The van der Waals surface area contributed by atoms with Gasteiger partial charge in [0.05, 0.1) is 11.6 Å². The topological polar surface area (TPSA) is 59.1 Å². The summed E-state index contributed by atoms with van der Waals surface area (Å²) in [7, 11) is 0. The van der Waals surface area contributed by atoms with Crippen molar-refractivity contribution in [3.63, 3.8) is 0 Å². The molecule has 190 valence electrons. The molecule has 0 aliphatic carbocycles. The van der Waals surface area contributed by atoms with E-state index in [9.17, 15) is 22.8 Å².